The molecule has 2 N–H and O–H groups in total. The molecule has 0 aliphatic rings. The molecule has 0 aliphatic heterocycles. The van der Waals surface area contributed by atoms with E-state index in [0.29, 0.717) is 11.4 Å². The molecule has 0 unspecified atom stereocenters. The Bertz CT molecular complexity index is 620. The van der Waals surface area contributed by atoms with Crippen LogP contribution in [0.3, 0.4) is 0 Å². The molecule has 0 saturated carbocycles. The Kier molecular flexibility index (Phi) is 4.32. The van der Waals surface area contributed by atoms with Crippen LogP contribution in [-0.4, -0.2) is 6.26 Å². The highest BCUT2D eigenvalue weighted by molar-refractivity contribution is 7.98. The highest BCUT2D eigenvalue weighted by Crippen LogP contribution is 2.32. The quantitative estimate of drug-likeness (QED) is 0.677. The fourth-order valence-electron chi connectivity index (χ4n) is 1.71. The van der Waals surface area contributed by atoms with Crippen LogP contribution in [0, 0.1) is 11.3 Å². The zero-order valence-electron chi connectivity index (χ0n) is 10.6. The van der Waals surface area contributed by atoms with Crippen molar-refractivity contribution in [2.75, 3.05) is 12.0 Å². The lowest BCUT2D eigenvalue weighted by Crippen LogP contribution is -1.94. The number of hydrogen-bond acceptors (Lipinski definition) is 4. The minimum Gasteiger partial charge on any atom is -0.456 e. The van der Waals surface area contributed by atoms with Gasteiger partial charge in [0.25, 0.3) is 0 Å². The fraction of sp³-hybridized carbons (Fsp3) is 0.133. The molecule has 0 saturated heterocycles. The van der Waals surface area contributed by atoms with Gasteiger partial charge in [0.15, 0.2) is 0 Å². The van der Waals surface area contributed by atoms with Crippen LogP contribution in [0.4, 0.5) is 5.69 Å². The summed E-state index contributed by atoms with van der Waals surface area (Å²) in [5.74, 6) is 1.50. The first kappa shape index (κ1) is 13.3. The van der Waals surface area contributed by atoms with Crippen LogP contribution in [0.5, 0.6) is 11.5 Å². The minimum absolute atomic E-state index is 0.285. The zero-order chi connectivity index (χ0) is 13.7. The number of hydrogen-bond donors (Lipinski definition) is 1. The van der Waals surface area contributed by atoms with Gasteiger partial charge < -0.3 is 10.5 Å². The first-order valence-corrected chi connectivity index (χ1v) is 7.03. The highest BCUT2D eigenvalue weighted by Gasteiger charge is 2.06. The third-order valence-corrected chi connectivity index (χ3v) is 3.46. The Balaban J connectivity index is 2.28. The summed E-state index contributed by atoms with van der Waals surface area (Å²) in [6.07, 6.45) is 2.29. The summed E-state index contributed by atoms with van der Waals surface area (Å²) in [5, 5.41) is 8.76. The second kappa shape index (κ2) is 6.17. The van der Waals surface area contributed by atoms with Gasteiger partial charge in [0, 0.05) is 10.6 Å². The molecule has 0 bridgehead atoms. The predicted octanol–water partition coefficient (Wildman–Crippen LogP) is 3.85. The second-order valence-corrected chi connectivity index (χ2v) is 4.80. The molecule has 2 aromatic carbocycles. The Morgan fingerprint density at radius 3 is 2.79 bits per heavy atom. The normalized spacial score (nSPS) is 9.89. The van der Waals surface area contributed by atoms with Gasteiger partial charge in [-0.15, -0.1) is 11.8 Å². The molecule has 3 nitrogen and oxygen atoms in total. The molecule has 2 aromatic rings. The summed E-state index contributed by atoms with van der Waals surface area (Å²) in [5.41, 5.74) is 7.23. The molecule has 0 spiro atoms. The Morgan fingerprint density at radius 1 is 1.26 bits per heavy atom. The molecule has 0 amide bonds. The molecule has 96 valence electrons. The predicted molar refractivity (Wildman–Crippen MR) is 78.5 cm³/mol. The minimum atomic E-state index is 0.285. The van der Waals surface area contributed by atoms with Gasteiger partial charge >= 0.3 is 0 Å². The van der Waals surface area contributed by atoms with Crippen LogP contribution in [0.1, 0.15) is 5.56 Å². The standard InChI is InChI=1S/C15H14N2OS/c1-19-15-5-3-2-4-14(15)18-12-6-7-13(17)11(10-12)8-9-16/h2-7,10H,8,17H2,1H3. The van der Waals surface area contributed by atoms with Gasteiger partial charge in [-0.2, -0.15) is 5.26 Å². The van der Waals surface area contributed by atoms with Gasteiger partial charge in [-0.1, -0.05) is 12.1 Å². The number of nitrogens with zero attached hydrogens (tertiary/aromatic N) is 1. The highest BCUT2D eigenvalue weighted by atomic mass is 32.2. The largest absolute Gasteiger partial charge is 0.456 e. The van der Waals surface area contributed by atoms with Crippen molar-refractivity contribution in [2.45, 2.75) is 11.3 Å². The average molecular weight is 270 g/mol. The first-order valence-electron chi connectivity index (χ1n) is 5.81. The molecule has 4 heteroatoms. The third-order valence-electron chi connectivity index (χ3n) is 2.68. The summed E-state index contributed by atoms with van der Waals surface area (Å²) < 4.78 is 5.86. The molecule has 0 heterocycles. The Labute approximate surface area is 117 Å². The van der Waals surface area contributed by atoms with Gasteiger partial charge in [0.1, 0.15) is 11.5 Å². The van der Waals surface area contributed by atoms with E-state index in [0.717, 1.165) is 16.2 Å². The topological polar surface area (TPSA) is 59.0 Å². The number of nitriles is 1. The number of para-hydroxylation sites is 1. The Morgan fingerprint density at radius 2 is 2.05 bits per heavy atom. The van der Waals surface area contributed by atoms with E-state index in [-0.39, 0.29) is 6.42 Å². The fourth-order valence-corrected chi connectivity index (χ4v) is 2.24. The Hall–Kier alpha value is -2.12. The summed E-state index contributed by atoms with van der Waals surface area (Å²) in [6.45, 7) is 0. The molecule has 19 heavy (non-hydrogen) atoms. The summed E-state index contributed by atoms with van der Waals surface area (Å²) in [4.78, 5) is 1.07. The van der Waals surface area contributed by atoms with Crippen LogP contribution in [0.15, 0.2) is 47.4 Å². The summed E-state index contributed by atoms with van der Waals surface area (Å²) in [7, 11) is 0. The molecule has 0 atom stereocenters. The van der Waals surface area contributed by atoms with E-state index in [1.165, 1.54) is 0 Å². The SMILES string of the molecule is CSc1ccccc1Oc1ccc(N)c(CC#N)c1. The van der Waals surface area contributed by atoms with Crippen molar-refractivity contribution in [3.8, 4) is 17.6 Å². The lowest BCUT2D eigenvalue weighted by atomic mass is 10.1. The van der Waals surface area contributed by atoms with Gasteiger partial charge in [-0.25, -0.2) is 0 Å². The average Bonchev–Trinajstić information content (AvgIpc) is 2.43. The van der Waals surface area contributed by atoms with Crippen molar-refractivity contribution in [1.29, 1.82) is 5.26 Å². The number of nitrogens with two attached hydrogens (primary N) is 1. The van der Waals surface area contributed by atoms with Gasteiger partial charge in [0.2, 0.25) is 0 Å². The van der Waals surface area contributed by atoms with Gasteiger partial charge in [-0.05, 0) is 42.2 Å². The second-order valence-electron chi connectivity index (χ2n) is 3.95. The first-order chi connectivity index (χ1) is 9.24. The zero-order valence-corrected chi connectivity index (χ0v) is 11.4. The van der Waals surface area contributed by atoms with Crippen LogP contribution in [0.25, 0.3) is 0 Å². The number of benzene rings is 2. The van der Waals surface area contributed by atoms with E-state index in [1.807, 2.05) is 42.7 Å². The monoisotopic (exact) mass is 270 g/mol. The molecular formula is C15H14N2OS. The van der Waals surface area contributed by atoms with Crippen LogP contribution >= 0.6 is 11.8 Å². The number of anilines is 1. The van der Waals surface area contributed by atoms with Crippen LogP contribution in [0.2, 0.25) is 0 Å². The van der Waals surface area contributed by atoms with Crippen molar-refractivity contribution in [3.05, 3.63) is 48.0 Å². The smallest absolute Gasteiger partial charge is 0.140 e. The molecule has 0 aliphatic carbocycles. The molecule has 0 aromatic heterocycles. The van der Waals surface area contributed by atoms with Crippen molar-refractivity contribution in [3.63, 3.8) is 0 Å². The third kappa shape index (κ3) is 3.21. The summed E-state index contributed by atoms with van der Waals surface area (Å²) >= 11 is 1.63. The van der Waals surface area contributed by atoms with Crippen LogP contribution < -0.4 is 10.5 Å². The number of ether oxygens (including phenoxy) is 1. The van der Waals surface area contributed by atoms with Crippen LogP contribution in [-0.2, 0) is 6.42 Å². The number of rotatable bonds is 4. The molecular weight excluding hydrogens is 256 g/mol. The number of thioether (sulfide) groups is 1. The van der Waals surface area contributed by atoms with E-state index in [2.05, 4.69) is 6.07 Å². The van der Waals surface area contributed by atoms with E-state index < -0.39 is 0 Å². The summed E-state index contributed by atoms with van der Waals surface area (Å²) in [6, 6.07) is 15.3. The van der Waals surface area contributed by atoms with Gasteiger partial charge in [-0.3, -0.25) is 0 Å². The maximum atomic E-state index is 8.76. The van der Waals surface area contributed by atoms with E-state index >= 15 is 0 Å². The van der Waals surface area contributed by atoms with Gasteiger partial charge in [0.05, 0.1) is 12.5 Å². The van der Waals surface area contributed by atoms with E-state index in [1.54, 1.807) is 17.8 Å². The number of nitrogen functional groups attached to an aromatic ring is 1. The maximum absolute atomic E-state index is 8.76. The van der Waals surface area contributed by atoms with E-state index in [9.17, 15) is 0 Å². The molecule has 0 radical (unpaired) electrons. The van der Waals surface area contributed by atoms with Crippen molar-refractivity contribution in [1.82, 2.24) is 0 Å². The van der Waals surface area contributed by atoms with Crippen molar-refractivity contribution < 1.29 is 4.74 Å². The van der Waals surface area contributed by atoms with Crippen molar-refractivity contribution in [2.24, 2.45) is 0 Å². The molecule has 0 fully saturated rings. The maximum Gasteiger partial charge on any atom is 0.140 e. The molecule has 2 rings (SSSR count). The van der Waals surface area contributed by atoms with E-state index in [4.69, 9.17) is 15.7 Å². The lowest BCUT2D eigenvalue weighted by molar-refractivity contribution is 0.471. The van der Waals surface area contributed by atoms with Crippen molar-refractivity contribution >= 4 is 17.4 Å². The lowest BCUT2D eigenvalue weighted by Gasteiger charge is -2.11.